The van der Waals surface area contributed by atoms with Gasteiger partial charge in [-0.3, -0.25) is 15.0 Å². The normalized spacial score (nSPS) is 17.2. The summed E-state index contributed by atoms with van der Waals surface area (Å²) in [4.78, 5) is 11.0. The first-order valence-corrected chi connectivity index (χ1v) is 9.34. The molecule has 12 heteroatoms. The number of anilines is 1. The number of nitrogens with one attached hydrogen (secondary N) is 1. The Morgan fingerprint density at radius 3 is 2.42 bits per heavy atom. The van der Waals surface area contributed by atoms with E-state index < -0.39 is 33.4 Å². The van der Waals surface area contributed by atoms with E-state index in [1.807, 2.05) is 0 Å². The minimum Gasteiger partial charge on any atom is -0.384 e. The number of nitrogens with two attached hydrogens (primary N) is 1. The van der Waals surface area contributed by atoms with E-state index in [9.17, 15) is 31.7 Å². The maximum absolute atomic E-state index is 12.4. The molecule has 0 aromatic heterocycles. The minimum absolute atomic E-state index is 0.0583. The highest BCUT2D eigenvalue weighted by Crippen LogP contribution is 2.27. The Hall–Kier alpha value is -1.92. The topological polar surface area (TPSA) is 119 Å². The Bertz CT molecular complexity index is 762. The van der Waals surface area contributed by atoms with Crippen molar-refractivity contribution in [2.24, 2.45) is 11.1 Å². The van der Waals surface area contributed by atoms with Crippen LogP contribution in [0, 0.1) is 16.0 Å². The van der Waals surface area contributed by atoms with Crippen LogP contribution in [0.25, 0.3) is 0 Å². The lowest BCUT2D eigenvalue weighted by atomic mass is 9.96. The summed E-state index contributed by atoms with van der Waals surface area (Å²) >= 11 is 0. The van der Waals surface area contributed by atoms with Crippen molar-refractivity contribution in [2.45, 2.75) is 23.9 Å². The van der Waals surface area contributed by atoms with Crippen molar-refractivity contribution in [3.63, 3.8) is 0 Å². The number of rotatable bonds is 6. The van der Waals surface area contributed by atoms with Crippen LogP contribution < -0.4 is 10.5 Å². The number of halogens is 3. The van der Waals surface area contributed by atoms with Gasteiger partial charge in [0, 0.05) is 18.7 Å². The Morgan fingerprint density at radius 1 is 1.31 bits per heavy atom. The lowest BCUT2D eigenvalue weighted by molar-refractivity contribution is -0.385. The molecule has 3 N–H and O–H groups in total. The Labute approximate surface area is 148 Å². The van der Waals surface area contributed by atoms with Crippen LogP contribution in [-0.4, -0.2) is 50.6 Å². The van der Waals surface area contributed by atoms with Crippen LogP contribution in [0.2, 0.25) is 0 Å². The van der Waals surface area contributed by atoms with Gasteiger partial charge in [0.15, 0.2) is 0 Å². The van der Waals surface area contributed by atoms with Crippen LogP contribution in [0.15, 0.2) is 23.1 Å². The molecule has 0 amide bonds. The van der Waals surface area contributed by atoms with E-state index in [1.165, 1.54) is 11.0 Å². The number of hydrogen-bond acceptors (Lipinski definition) is 6. The zero-order valence-corrected chi connectivity index (χ0v) is 14.5. The van der Waals surface area contributed by atoms with E-state index in [2.05, 4.69) is 5.32 Å². The van der Waals surface area contributed by atoms with Gasteiger partial charge in [-0.05, 0) is 37.9 Å². The Kier molecular flexibility index (Phi) is 6.09. The molecule has 0 spiro atoms. The number of nitro benzene ring substituents is 1. The van der Waals surface area contributed by atoms with Crippen molar-refractivity contribution < 1.29 is 26.5 Å². The predicted octanol–water partition coefficient (Wildman–Crippen LogP) is 1.93. The highest BCUT2D eigenvalue weighted by atomic mass is 32.2. The van der Waals surface area contributed by atoms with Gasteiger partial charge in [-0.25, -0.2) is 13.6 Å². The van der Waals surface area contributed by atoms with Crippen molar-refractivity contribution in [3.8, 4) is 0 Å². The highest BCUT2D eigenvalue weighted by Gasteiger charge is 2.32. The first-order chi connectivity index (χ1) is 12.0. The predicted molar refractivity (Wildman–Crippen MR) is 88.2 cm³/mol. The van der Waals surface area contributed by atoms with E-state index >= 15 is 0 Å². The molecule has 1 aliphatic heterocycles. The Balaban J connectivity index is 1.99. The van der Waals surface area contributed by atoms with Crippen LogP contribution in [0.5, 0.6) is 0 Å². The molecule has 0 aliphatic carbocycles. The van der Waals surface area contributed by atoms with E-state index in [0.29, 0.717) is 32.5 Å². The van der Waals surface area contributed by atoms with Gasteiger partial charge in [0.2, 0.25) is 10.0 Å². The first kappa shape index (κ1) is 20.4. The molecule has 1 fully saturated rings. The highest BCUT2D eigenvalue weighted by molar-refractivity contribution is 7.89. The average molecular weight is 396 g/mol. The second kappa shape index (κ2) is 7.76. The number of nitrogens with zero attached hydrogens (tertiary/aromatic N) is 2. The van der Waals surface area contributed by atoms with Crippen molar-refractivity contribution >= 4 is 21.4 Å². The number of hydrogen-bond donors (Lipinski definition) is 2. The van der Waals surface area contributed by atoms with Gasteiger partial charge in [-0.15, -0.1) is 0 Å². The lowest BCUT2D eigenvalue weighted by Gasteiger charge is -2.32. The third-order valence-corrected chi connectivity index (χ3v) is 5.12. The summed E-state index contributed by atoms with van der Waals surface area (Å²) in [7, 11) is -4.17. The minimum atomic E-state index is -4.23. The van der Waals surface area contributed by atoms with Gasteiger partial charge in [0.25, 0.3) is 5.69 Å². The molecule has 26 heavy (non-hydrogen) atoms. The maximum atomic E-state index is 12.4. The Morgan fingerprint density at radius 2 is 1.92 bits per heavy atom. The molecule has 1 saturated heterocycles. The van der Waals surface area contributed by atoms with Gasteiger partial charge in [0.05, 0.1) is 17.2 Å². The molecular formula is C14H19F3N4O4S. The fourth-order valence-corrected chi connectivity index (χ4v) is 3.59. The molecule has 8 nitrogen and oxygen atoms in total. The van der Waals surface area contributed by atoms with Crippen LogP contribution in [0.1, 0.15) is 12.8 Å². The fourth-order valence-electron chi connectivity index (χ4n) is 2.86. The standard InChI is InChI=1S/C14H19F3N4O4S/c15-14(16,17)9-20-5-3-10(4-6-20)8-19-12-2-1-11(21(22)23)7-13(12)26(18,24)25/h1-2,7,10,19H,3-6,8-9H2,(H2,18,24,25). The van der Waals surface area contributed by atoms with Gasteiger partial charge >= 0.3 is 6.18 Å². The SMILES string of the molecule is NS(=O)(=O)c1cc([N+](=O)[O-])ccc1NCC1CCN(CC(F)(F)F)CC1. The third kappa shape index (κ3) is 5.81. The molecule has 0 bridgehead atoms. The van der Waals surface area contributed by atoms with E-state index in [4.69, 9.17) is 5.14 Å². The van der Waals surface area contributed by atoms with Crippen molar-refractivity contribution in [3.05, 3.63) is 28.3 Å². The van der Waals surface area contributed by atoms with Crippen LogP contribution in [-0.2, 0) is 10.0 Å². The number of sulfonamides is 1. The number of piperidine rings is 1. The summed E-state index contributed by atoms with van der Waals surface area (Å²) < 4.78 is 60.5. The van der Waals surface area contributed by atoms with Gasteiger partial charge in [-0.2, -0.15) is 13.2 Å². The molecular weight excluding hydrogens is 377 g/mol. The number of nitro groups is 1. The lowest BCUT2D eigenvalue weighted by Crippen LogP contribution is -2.41. The average Bonchev–Trinajstić information content (AvgIpc) is 2.51. The van der Waals surface area contributed by atoms with Crippen molar-refractivity contribution in [1.29, 1.82) is 0 Å². The molecule has 1 heterocycles. The summed E-state index contributed by atoms with van der Waals surface area (Å²) in [5, 5.41) is 18.8. The molecule has 0 unspecified atom stereocenters. The summed E-state index contributed by atoms with van der Waals surface area (Å²) in [6.45, 7) is -0.00637. The number of alkyl halides is 3. The van der Waals surface area contributed by atoms with E-state index in [0.717, 1.165) is 12.1 Å². The van der Waals surface area contributed by atoms with Gasteiger partial charge < -0.3 is 5.32 Å². The van der Waals surface area contributed by atoms with Crippen molar-refractivity contribution in [1.82, 2.24) is 4.90 Å². The number of likely N-dealkylation sites (tertiary alicyclic amines) is 1. The molecule has 1 aliphatic rings. The zero-order valence-electron chi connectivity index (χ0n) is 13.7. The number of benzene rings is 1. The summed E-state index contributed by atoms with van der Waals surface area (Å²) in [5.41, 5.74) is -0.268. The van der Waals surface area contributed by atoms with Crippen LogP contribution in [0.3, 0.4) is 0 Å². The zero-order chi connectivity index (χ0) is 19.5. The first-order valence-electron chi connectivity index (χ1n) is 7.80. The number of non-ortho nitro benzene ring substituents is 1. The molecule has 146 valence electrons. The quantitative estimate of drug-likeness (QED) is 0.560. The van der Waals surface area contributed by atoms with Crippen molar-refractivity contribution in [2.75, 3.05) is 31.5 Å². The second-order valence-electron chi connectivity index (χ2n) is 6.20. The fraction of sp³-hybridized carbons (Fsp3) is 0.571. The molecule has 2 rings (SSSR count). The summed E-state index contributed by atoms with van der Waals surface area (Å²) in [6.07, 6.45) is -3.17. The molecule has 1 aromatic rings. The van der Waals surface area contributed by atoms with Gasteiger partial charge in [0.1, 0.15) is 4.90 Å². The molecule has 1 aromatic carbocycles. The van der Waals surface area contributed by atoms with E-state index in [1.54, 1.807) is 0 Å². The summed E-state index contributed by atoms with van der Waals surface area (Å²) in [6, 6.07) is 3.29. The van der Waals surface area contributed by atoms with Crippen LogP contribution in [0.4, 0.5) is 24.5 Å². The monoisotopic (exact) mass is 396 g/mol. The maximum Gasteiger partial charge on any atom is 0.401 e. The second-order valence-corrected chi connectivity index (χ2v) is 7.73. The molecule has 0 saturated carbocycles. The largest absolute Gasteiger partial charge is 0.401 e. The smallest absolute Gasteiger partial charge is 0.384 e. The molecule has 0 atom stereocenters. The van der Waals surface area contributed by atoms with Crippen LogP contribution >= 0.6 is 0 Å². The third-order valence-electron chi connectivity index (χ3n) is 4.17. The van der Waals surface area contributed by atoms with Gasteiger partial charge in [-0.1, -0.05) is 0 Å². The van der Waals surface area contributed by atoms with E-state index in [-0.39, 0.29) is 16.5 Å². The molecule has 0 radical (unpaired) electrons. The summed E-state index contributed by atoms with van der Waals surface area (Å²) in [5.74, 6) is 0.0583. The number of primary sulfonamides is 1.